The molecule has 0 N–H and O–H groups in total. The molecule has 0 aliphatic heterocycles. The fourth-order valence-electron chi connectivity index (χ4n) is 2.26. The van der Waals surface area contributed by atoms with Gasteiger partial charge in [-0.1, -0.05) is 6.58 Å². The predicted molar refractivity (Wildman–Crippen MR) is 74.1 cm³/mol. The van der Waals surface area contributed by atoms with Gasteiger partial charge in [-0.05, 0) is 38.5 Å². The van der Waals surface area contributed by atoms with Crippen LogP contribution in [0.4, 0.5) is 0 Å². The number of esters is 2. The SMILES string of the molecule is C=CC(=O)OCCCCOC(=O)C1CCC(OC)CC1. The number of hydrogen-bond acceptors (Lipinski definition) is 5. The van der Waals surface area contributed by atoms with E-state index in [-0.39, 0.29) is 11.9 Å². The molecule has 0 atom stereocenters. The zero-order valence-electron chi connectivity index (χ0n) is 12.1. The van der Waals surface area contributed by atoms with Gasteiger partial charge in [-0.25, -0.2) is 4.79 Å². The smallest absolute Gasteiger partial charge is 0.330 e. The van der Waals surface area contributed by atoms with Crippen LogP contribution in [0.1, 0.15) is 38.5 Å². The Hall–Kier alpha value is -1.36. The van der Waals surface area contributed by atoms with E-state index in [0.717, 1.165) is 31.8 Å². The molecule has 0 bridgehead atoms. The molecule has 1 rings (SSSR count). The third kappa shape index (κ3) is 6.19. The van der Waals surface area contributed by atoms with Crippen molar-refractivity contribution in [3.8, 4) is 0 Å². The topological polar surface area (TPSA) is 61.8 Å². The summed E-state index contributed by atoms with van der Waals surface area (Å²) in [7, 11) is 1.71. The van der Waals surface area contributed by atoms with Crippen molar-refractivity contribution >= 4 is 11.9 Å². The molecule has 0 aromatic carbocycles. The number of hydrogen-bond donors (Lipinski definition) is 0. The minimum atomic E-state index is -0.420. The number of methoxy groups -OCH3 is 1. The summed E-state index contributed by atoms with van der Waals surface area (Å²) in [6, 6.07) is 0. The summed E-state index contributed by atoms with van der Waals surface area (Å²) in [6.45, 7) is 4.03. The van der Waals surface area contributed by atoms with Crippen LogP contribution in [-0.4, -0.2) is 38.4 Å². The van der Waals surface area contributed by atoms with Gasteiger partial charge in [0.25, 0.3) is 0 Å². The Morgan fingerprint density at radius 3 is 2.25 bits per heavy atom. The van der Waals surface area contributed by atoms with Crippen LogP contribution in [-0.2, 0) is 23.8 Å². The molecule has 1 fully saturated rings. The van der Waals surface area contributed by atoms with Crippen molar-refractivity contribution in [3.05, 3.63) is 12.7 Å². The van der Waals surface area contributed by atoms with E-state index < -0.39 is 5.97 Å². The fraction of sp³-hybridized carbons (Fsp3) is 0.733. The van der Waals surface area contributed by atoms with Crippen LogP contribution in [0.2, 0.25) is 0 Å². The number of ether oxygens (including phenoxy) is 3. The second-order valence-corrected chi connectivity index (χ2v) is 4.96. The van der Waals surface area contributed by atoms with E-state index in [9.17, 15) is 9.59 Å². The lowest BCUT2D eigenvalue weighted by molar-refractivity contribution is -0.151. The molecule has 1 saturated carbocycles. The number of carbonyl (C=O) groups excluding carboxylic acids is 2. The molecule has 0 unspecified atom stereocenters. The molecule has 0 saturated heterocycles. The minimum Gasteiger partial charge on any atom is -0.465 e. The predicted octanol–water partition coefficient (Wildman–Crippen LogP) is 2.24. The average molecular weight is 284 g/mol. The molecule has 114 valence electrons. The second kappa shape index (κ2) is 9.53. The van der Waals surface area contributed by atoms with Gasteiger partial charge < -0.3 is 14.2 Å². The van der Waals surface area contributed by atoms with Crippen LogP contribution < -0.4 is 0 Å². The molecule has 0 aromatic heterocycles. The maximum absolute atomic E-state index is 11.8. The van der Waals surface area contributed by atoms with Crippen LogP contribution >= 0.6 is 0 Å². The maximum atomic E-state index is 11.8. The largest absolute Gasteiger partial charge is 0.465 e. The lowest BCUT2D eigenvalue weighted by Gasteiger charge is -2.26. The van der Waals surface area contributed by atoms with Gasteiger partial charge >= 0.3 is 11.9 Å². The van der Waals surface area contributed by atoms with Crippen molar-refractivity contribution < 1.29 is 23.8 Å². The standard InChI is InChI=1S/C15H24O5/c1-3-14(16)19-10-4-5-11-20-15(17)12-6-8-13(18-2)9-7-12/h3,12-13H,1,4-11H2,2H3. The molecule has 5 nitrogen and oxygen atoms in total. The molecule has 1 aliphatic carbocycles. The third-order valence-electron chi connectivity index (χ3n) is 3.53. The molecule has 0 amide bonds. The van der Waals surface area contributed by atoms with Crippen molar-refractivity contribution in [2.45, 2.75) is 44.6 Å². The van der Waals surface area contributed by atoms with Crippen molar-refractivity contribution in [2.75, 3.05) is 20.3 Å². The highest BCUT2D eigenvalue weighted by Gasteiger charge is 2.27. The van der Waals surface area contributed by atoms with Crippen LogP contribution in [0.25, 0.3) is 0 Å². The first kappa shape index (κ1) is 16.7. The lowest BCUT2D eigenvalue weighted by Crippen LogP contribution is -2.27. The molecule has 0 heterocycles. The van der Waals surface area contributed by atoms with Gasteiger partial charge in [0.1, 0.15) is 0 Å². The van der Waals surface area contributed by atoms with E-state index >= 15 is 0 Å². The van der Waals surface area contributed by atoms with Crippen molar-refractivity contribution in [1.82, 2.24) is 0 Å². The van der Waals surface area contributed by atoms with Crippen LogP contribution in [0, 0.1) is 5.92 Å². The number of unbranched alkanes of at least 4 members (excludes halogenated alkanes) is 1. The van der Waals surface area contributed by atoms with Gasteiger partial charge in [0.15, 0.2) is 0 Å². The first-order chi connectivity index (χ1) is 9.67. The molecule has 20 heavy (non-hydrogen) atoms. The summed E-state index contributed by atoms with van der Waals surface area (Å²) in [5.74, 6) is -0.514. The molecular formula is C15H24O5. The Morgan fingerprint density at radius 2 is 1.70 bits per heavy atom. The monoisotopic (exact) mass is 284 g/mol. The fourth-order valence-corrected chi connectivity index (χ4v) is 2.26. The minimum absolute atomic E-state index is 0.0139. The molecule has 1 aliphatic rings. The second-order valence-electron chi connectivity index (χ2n) is 4.96. The molecule has 0 radical (unpaired) electrons. The van der Waals surface area contributed by atoms with Crippen molar-refractivity contribution in [1.29, 1.82) is 0 Å². The van der Waals surface area contributed by atoms with Gasteiger partial charge in [0, 0.05) is 13.2 Å². The quantitative estimate of drug-likeness (QED) is 0.388. The van der Waals surface area contributed by atoms with Gasteiger partial charge in [0.05, 0.1) is 25.2 Å². The Labute approximate surface area is 120 Å². The van der Waals surface area contributed by atoms with Gasteiger partial charge in [-0.3, -0.25) is 4.79 Å². The average Bonchev–Trinajstić information content (AvgIpc) is 2.50. The highest BCUT2D eigenvalue weighted by atomic mass is 16.5. The lowest BCUT2D eigenvalue weighted by atomic mass is 9.87. The molecule has 0 spiro atoms. The summed E-state index contributed by atoms with van der Waals surface area (Å²) in [5, 5.41) is 0. The van der Waals surface area contributed by atoms with Gasteiger partial charge in [-0.2, -0.15) is 0 Å². The summed E-state index contributed by atoms with van der Waals surface area (Å²) in [6.07, 6.45) is 6.34. The first-order valence-electron chi connectivity index (χ1n) is 7.16. The molecule has 0 aromatic rings. The van der Waals surface area contributed by atoms with Crippen molar-refractivity contribution in [2.24, 2.45) is 5.92 Å². The summed E-state index contributed by atoms with van der Waals surface area (Å²) in [4.78, 5) is 22.6. The summed E-state index contributed by atoms with van der Waals surface area (Å²) >= 11 is 0. The van der Waals surface area contributed by atoms with E-state index in [1.165, 1.54) is 0 Å². The van der Waals surface area contributed by atoms with E-state index in [4.69, 9.17) is 14.2 Å². The summed E-state index contributed by atoms with van der Waals surface area (Å²) < 4.78 is 15.3. The highest BCUT2D eigenvalue weighted by Crippen LogP contribution is 2.26. The zero-order chi connectivity index (χ0) is 14.8. The zero-order valence-corrected chi connectivity index (χ0v) is 12.1. The third-order valence-corrected chi connectivity index (χ3v) is 3.53. The molecular weight excluding hydrogens is 260 g/mol. The van der Waals surface area contributed by atoms with Crippen molar-refractivity contribution in [3.63, 3.8) is 0 Å². The van der Waals surface area contributed by atoms with Gasteiger partial charge in [-0.15, -0.1) is 0 Å². The van der Waals surface area contributed by atoms with E-state index in [0.29, 0.717) is 32.2 Å². The van der Waals surface area contributed by atoms with Crippen LogP contribution in [0.3, 0.4) is 0 Å². The van der Waals surface area contributed by atoms with E-state index in [2.05, 4.69) is 6.58 Å². The summed E-state index contributed by atoms with van der Waals surface area (Å²) in [5.41, 5.74) is 0. The van der Waals surface area contributed by atoms with Gasteiger partial charge in [0.2, 0.25) is 0 Å². The molecule has 5 heteroatoms. The highest BCUT2D eigenvalue weighted by molar-refractivity contribution is 5.81. The van der Waals surface area contributed by atoms with Crippen LogP contribution in [0.15, 0.2) is 12.7 Å². The Balaban J connectivity index is 2.03. The normalized spacial score (nSPS) is 22.1. The Morgan fingerprint density at radius 1 is 1.10 bits per heavy atom. The number of rotatable bonds is 8. The Kier molecular flexibility index (Phi) is 7.95. The van der Waals surface area contributed by atoms with Crippen LogP contribution in [0.5, 0.6) is 0 Å². The first-order valence-corrected chi connectivity index (χ1v) is 7.16. The number of carbonyl (C=O) groups is 2. The maximum Gasteiger partial charge on any atom is 0.330 e. The Bertz CT molecular complexity index is 318. The van der Waals surface area contributed by atoms with E-state index in [1.54, 1.807) is 7.11 Å². The van der Waals surface area contributed by atoms with E-state index in [1.807, 2.05) is 0 Å².